The predicted octanol–water partition coefficient (Wildman–Crippen LogP) is 2.05. The van der Waals surface area contributed by atoms with Gasteiger partial charge < -0.3 is 14.6 Å². The van der Waals surface area contributed by atoms with Gasteiger partial charge in [-0.3, -0.25) is 4.98 Å². The number of aromatic nitrogens is 1. The molecule has 3 rings (SSSR count). The maximum Gasteiger partial charge on any atom is 0.345 e. The monoisotopic (exact) mass is 271 g/mol. The van der Waals surface area contributed by atoms with Crippen LogP contribution in [0.3, 0.4) is 0 Å². The van der Waals surface area contributed by atoms with E-state index in [0.29, 0.717) is 24.5 Å². The largest absolute Gasteiger partial charge is 0.489 e. The second-order valence-electron chi connectivity index (χ2n) is 4.56. The van der Waals surface area contributed by atoms with Crippen LogP contribution in [0.15, 0.2) is 42.7 Å². The summed E-state index contributed by atoms with van der Waals surface area (Å²) in [4.78, 5) is 14.8. The Bertz CT molecular complexity index is 627. The number of fused-ring (bicyclic) bond motifs is 1. The first kappa shape index (κ1) is 12.5. The van der Waals surface area contributed by atoms with Gasteiger partial charge in [0.25, 0.3) is 0 Å². The van der Waals surface area contributed by atoms with Gasteiger partial charge in [-0.25, -0.2) is 4.79 Å². The van der Waals surface area contributed by atoms with Gasteiger partial charge in [-0.05, 0) is 29.3 Å². The van der Waals surface area contributed by atoms with E-state index in [-0.39, 0.29) is 0 Å². The summed E-state index contributed by atoms with van der Waals surface area (Å²) in [5, 5.41) is 8.94. The number of nitrogens with zero attached hydrogens (tertiary/aromatic N) is 1. The molecule has 2 heterocycles. The highest BCUT2D eigenvalue weighted by atomic mass is 16.5. The molecular formula is C15H13NO4. The van der Waals surface area contributed by atoms with Crippen LogP contribution in [0.4, 0.5) is 0 Å². The van der Waals surface area contributed by atoms with Crippen molar-refractivity contribution >= 4 is 5.97 Å². The molecule has 1 aliphatic rings. The van der Waals surface area contributed by atoms with Gasteiger partial charge in [0.1, 0.15) is 18.1 Å². The molecule has 5 nitrogen and oxygen atoms in total. The molecule has 0 bridgehead atoms. The Hall–Kier alpha value is -2.56. The Labute approximate surface area is 115 Å². The molecule has 0 fully saturated rings. The number of hydrogen-bond acceptors (Lipinski definition) is 4. The third-order valence-corrected chi connectivity index (χ3v) is 3.14. The summed E-state index contributed by atoms with van der Waals surface area (Å²) in [6.45, 7) is 0.434. The van der Waals surface area contributed by atoms with Gasteiger partial charge in [0.15, 0.2) is 6.10 Å². The summed E-state index contributed by atoms with van der Waals surface area (Å²) in [5.74, 6) is 0.302. The summed E-state index contributed by atoms with van der Waals surface area (Å²) in [6, 6.07) is 9.17. The Morgan fingerprint density at radius 1 is 1.35 bits per heavy atom. The summed E-state index contributed by atoms with van der Waals surface area (Å²) >= 11 is 0. The quantitative estimate of drug-likeness (QED) is 0.921. The molecule has 20 heavy (non-hydrogen) atoms. The summed E-state index contributed by atoms with van der Waals surface area (Å²) in [7, 11) is 0. The Kier molecular flexibility index (Phi) is 3.25. The lowest BCUT2D eigenvalue weighted by Gasteiger charge is -2.08. The summed E-state index contributed by atoms with van der Waals surface area (Å²) in [5.41, 5.74) is 1.92. The number of rotatable bonds is 4. The van der Waals surface area contributed by atoms with E-state index in [2.05, 4.69) is 4.98 Å². The van der Waals surface area contributed by atoms with Crippen LogP contribution in [0, 0.1) is 0 Å². The van der Waals surface area contributed by atoms with Crippen LogP contribution in [-0.4, -0.2) is 22.2 Å². The summed E-state index contributed by atoms with van der Waals surface area (Å²) < 4.78 is 11.0. The third kappa shape index (κ3) is 2.56. The van der Waals surface area contributed by atoms with Crippen molar-refractivity contribution < 1.29 is 19.4 Å². The zero-order valence-electron chi connectivity index (χ0n) is 10.7. The normalized spacial score (nSPS) is 16.3. The lowest BCUT2D eigenvalue weighted by Crippen LogP contribution is -2.24. The molecule has 0 amide bonds. The standard InChI is InChI=1S/C15H13NO4/c17-15(18)14-7-11-1-2-12(8-13(11)20-14)19-9-10-3-5-16-6-4-10/h1-6,8,14H,7,9H2,(H,17,18). The number of carboxylic acids is 1. The number of hydrogen-bond donors (Lipinski definition) is 1. The molecule has 1 aliphatic heterocycles. The van der Waals surface area contributed by atoms with Gasteiger partial charge in [0.2, 0.25) is 0 Å². The van der Waals surface area contributed by atoms with Crippen molar-refractivity contribution in [1.29, 1.82) is 0 Å². The second-order valence-corrected chi connectivity index (χ2v) is 4.56. The van der Waals surface area contributed by atoms with Crippen LogP contribution < -0.4 is 9.47 Å². The van der Waals surface area contributed by atoms with E-state index < -0.39 is 12.1 Å². The average Bonchev–Trinajstić information content (AvgIpc) is 2.89. The molecule has 102 valence electrons. The number of benzene rings is 1. The van der Waals surface area contributed by atoms with Crippen molar-refractivity contribution in [3.05, 3.63) is 53.9 Å². The highest BCUT2D eigenvalue weighted by molar-refractivity contribution is 5.74. The highest BCUT2D eigenvalue weighted by Gasteiger charge is 2.28. The molecule has 5 heteroatoms. The van der Waals surface area contributed by atoms with Gasteiger partial charge in [0.05, 0.1) is 0 Å². The molecule has 1 N–H and O–H groups in total. The van der Waals surface area contributed by atoms with E-state index in [1.165, 1.54) is 0 Å². The summed E-state index contributed by atoms with van der Waals surface area (Å²) in [6.07, 6.45) is 3.03. The van der Waals surface area contributed by atoms with E-state index in [1.807, 2.05) is 24.3 Å². The Morgan fingerprint density at radius 2 is 2.15 bits per heavy atom. The number of carboxylic acid groups (broad SMARTS) is 1. The fourth-order valence-corrected chi connectivity index (χ4v) is 2.08. The van der Waals surface area contributed by atoms with E-state index in [4.69, 9.17) is 14.6 Å². The molecule has 0 spiro atoms. The molecule has 2 aromatic rings. The molecule has 0 saturated carbocycles. The lowest BCUT2D eigenvalue weighted by molar-refractivity contribution is -0.144. The number of pyridine rings is 1. The second kappa shape index (κ2) is 5.21. The van der Waals surface area contributed by atoms with Crippen LogP contribution in [0.5, 0.6) is 11.5 Å². The van der Waals surface area contributed by atoms with E-state index >= 15 is 0 Å². The van der Waals surface area contributed by atoms with E-state index in [1.54, 1.807) is 18.5 Å². The number of aliphatic carboxylic acids is 1. The van der Waals surface area contributed by atoms with Crippen LogP contribution in [-0.2, 0) is 17.8 Å². The maximum atomic E-state index is 10.9. The van der Waals surface area contributed by atoms with Gasteiger partial charge in [0, 0.05) is 24.9 Å². The van der Waals surface area contributed by atoms with Crippen LogP contribution >= 0.6 is 0 Å². The zero-order chi connectivity index (χ0) is 13.9. The first-order valence-electron chi connectivity index (χ1n) is 6.26. The van der Waals surface area contributed by atoms with Crippen LogP contribution in [0.1, 0.15) is 11.1 Å². The SMILES string of the molecule is O=C(O)C1Cc2ccc(OCc3ccncc3)cc2O1. The van der Waals surface area contributed by atoms with E-state index in [0.717, 1.165) is 11.1 Å². The van der Waals surface area contributed by atoms with Gasteiger partial charge in [-0.15, -0.1) is 0 Å². The predicted molar refractivity (Wildman–Crippen MR) is 70.8 cm³/mol. The maximum absolute atomic E-state index is 10.9. The van der Waals surface area contributed by atoms with E-state index in [9.17, 15) is 4.79 Å². The van der Waals surface area contributed by atoms with Gasteiger partial charge >= 0.3 is 5.97 Å². The van der Waals surface area contributed by atoms with Crippen molar-refractivity contribution in [2.24, 2.45) is 0 Å². The smallest absolute Gasteiger partial charge is 0.345 e. The first-order chi connectivity index (χ1) is 9.72. The van der Waals surface area contributed by atoms with Gasteiger partial charge in [-0.1, -0.05) is 6.07 Å². The number of ether oxygens (including phenoxy) is 2. The fourth-order valence-electron chi connectivity index (χ4n) is 2.08. The minimum absolute atomic E-state index is 0.398. The fraction of sp³-hybridized carbons (Fsp3) is 0.200. The highest BCUT2D eigenvalue weighted by Crippen LogP contribution is 2.32. The Balaban J connectivity index is 1.68. The van der Waals surface area contributed by atoms with Crippen molar-refractivity contribution in [3.63, 3.8) is 0 Å². The molecule has 1 unspecified atom stereocenters. The molecule has 1 atom stereocenters. The van der Waals surface area contributed by atoms with Crippen molar-refractivity contribution in [1.82, 2.24) is 4.98 Å². The zero-order valence-corrected chi connectivity index (χ0v) is 10.7. The lowest BCUT2D eigenvalue weighted by atomic mass is 10.1. The molecule has 1 aromatic carbocycles. The van der Waals surface area contributed by atoms with Crippen molar-refractivity contribution in [2.75, 3.05) is 0 Å². The van der Waals surface area contributed by atoms with Crippen LogP contribution in [0.25, 0.3) is 0 Å². The molecule has 0 aliphatic carbocycles. The topological polar surface area (TPSA) is 68.7 Å². The molecular weight excluding hydrogens is 258 g/mol. The molecule has 0 saturated heterocycles. The minimum atomic E-state index is -0.944. The van der Waals surface area contributed by atoms with Crippen molar-refractivity contribution in [2.45, 2.75) is 19.1 Å². The van der Waals surface area contributed by atoms with Gasteiger partial charge in [-0.2, -0.15) is 0 Å². The number of carbonyl (C=O) groups is 1. The molecule has 0 radical (unpaired) electrons. The van der Waals surface area contributed by atoms with Crippen molar-refractivity contribution in [3.8, 4) is 11.5 Å². The minimum Gasteiger partial charge on any atom is -0.489 e. The van der Waals surface area contributed by atoms with Crippen LogP contribution in [0.2, 0.25) is 0 Å². The Morgan fingerprint density at radius 3 is 2.90 bits per heavy atom. The third-order valence-electron chi connectivity index (χ3n) is 3.14. The average molecular weight is 271 g/mol. The first-order valence-corrected chi connectivity index (χ1v) is 6.26. The molecule has 1 aromatic heterocycles.